The number of hydrogen-bond acceptors (Lipinski definition) is 3. The monoisotopic (exact) mass is 333 g/mol. The van der Waals surface area contributed by atoms with Gasteiger partial charge in [0.1, 0.15) is 5.69 Å². The molecule has 1 aromatic heterocycles. The minimum atomic E-state index is 0.0341. The van der Waals surface area contributed by atoms with Crippen molar-refractivity contribution in [3.8, 4) is 22.5 Å². The maximum atomic E-state index is 6.12. The number of aromatic nitrogens is 3. The van der Waals surface area contributed by atoms with Crippen LogP contribution >= 0.6 is 0 Å². The molecule has 1 aliphatic carbocycles. The molecule has 1 heterocycles. The summed E-state index contributed by atoms with van der Waals surface area (Å²) in [6.45, 7) is 5.78. The number of aryl methyl sites for hydroxylation is 1. The van der Waals surface area contributed by atoms with Crippen molar-refractivity contribution in [3.63, 3.8) is 0 Å². The Morgan fingerprint density at radius 1 is 1.04 bits per heavy atom. The van der Waals surface area contributed by atoms with E-state index in [2.05, 4.69) is 72.7 Å². The quantitative estimate of drug-likeness (QED) is 0.697. The maximum Gasteiger partial charge on any atom is 0.121 e. The third-order valence-electron chi connectivity index (χ3n) is 4.78. The molecule has 4 nitrogen and oxygen atoms in total. The molecule has 0 bridgehead atoms. The van der Waals surface area contributed by atoms with Crippen LogP contribution in [0.4, 0.5) is 0 Å². The van der Waals surface area contributed by atoms with E-state index >= 15 is 0 Å². The molecule has 4 heteroatoms. The molecule has 0 amide bonds. The minimum absolute atomic E-state index is 0.0341. The SMILES string of the molecule is CCCn1nnc2c1-c1ccccc1CC(OCC)c1ccccc1-2. The standard InChI is InChI=1S/C21H23N3O/c1-3-13-24-21-16-10-6-5-9-15(16)14-19(25-4-2)17-11-7-8-12-18(17)20(21)22-23-24/h5-12,19H,3-4,13-14H2,1-2H3. The molecule has 0 saturated heterocycles. The van der Waals surface area contributed by atoms with Crippen molar-refractivity contribution in [1.29, 1.82) is 0 Å². The summed E-state index contributed by atoms with van der Waals surface area (Å²) in [4.78, 5) is 0. The Morgan fingerprint density at radius 3 is 2.60 bits per heavy atom. The average molecular weight is 333 g/mol. The smallest absolute Gasteiger partial charge is 0.121 e. The Hall–Kier alpha value is -2.46. The molecule has 0 N–H and O–H groups in total. The van der Waals surface area contributed by atoms with Gasteiger partial charge in [-0.25, -0.2) is 4.68 Å². The first-order chi connectivity index (χ1) is 12.3. The topological polar surface area (TPSA) is 39.9 Å². The zero-order chi connectivity index (χ0) is 17.2. The number of hydrogen-bond donors (Lipinski definition) is 0. The van der Waals surface area contributed by atoms with Gasteiger partial charge in [0.25, 0.3) is 0 Å². The van der Waals surface area contributed by atoms with E-state index in [0.29, 0.717) is 6.61 Å². The summed E-state index contributed by atoms with van der Waals surface area (Å²) < 4.78 is 8.16. The van der Waals surface area contributed by atoms with E-state index in [1.807, 2.05) is 4.68 Å². The van der Waals surface area contributed by atoms with Gasteiger partial charge in [-0.15, -0.1) is 5.10 Å². The van der Waals surface area contributed by atoms with Crippen LogP contribution in [0.25, 0.3) is 22.5 Å². The van der Waals surface area contributed by atoms with Crippen molar-refractivity contribution >= 4 is 0 Å². The number of ether oxygens (including phenoxy) is 1. The molecule has 1 unspecified atom stereocenters. The molecular weight excluding hydrogens is 310 g/mol. The normalized spacial score (nSPS) is 15.7. The lowest BCUT2D eigenvalue weighted by Crippen LogP contribution is -2.13. The van der Waals surface area contributed by atoms with E-state index in [1.165, 1.54) is 16.7 Å². The van der Waals surface area contributed by atoms with E-state index in [9.17, 15) is 0 Å². The largest absolute Gasteiger partial charge is 0.373 e. The summed E-state index contributed by atoms with van der Waals surface area (Å²) in [5, 5.41) is 9.03. The van der Waals surface area contributed by atoms with E-state index < -0.39 is 0 Å². The summed E-state index contributed by atoms with van der Waals surface area (Å²) in [6.07, 6.45) is 1.92. The van der Waals surface area contributed by atoms with Gasteiger partial charge in [-0.2, -0.15) is 0 Å². The first-order valence-electron chi connectivity index (χ1n) is 9.06. The van der Waals surface area contributed by atoms with Gasteiger partial charge >= 0.3 is 0 Å². The predicted octanol–water partition coefficient (Wildman–Crippen LogP) is 4.66. The van der Waals surface area contributed by atoms with Crippen LogP contribution in [0.2, 0.25) is 0 Å². The zero-order valence-corrected chi connectivity index (χ0v) is 14.8. The predicted molar refractivity (Wildman–Crippen MR) is 99.3 cm³/mol. The fourth-order valence-corrected chi connectivity index (χ4v) is 3.71. The third kappa shape index (κ3) is 2.76. The zero-order valence-electron chi connectivity index (χ0n) is 14.8. The van der Waals surface area contributed by atoms with Crippen molar-refractivity contribution in [2.24, 2.45) is 0 Å². The molecule has 25 heavy (non-hydrogen) atoms. The minimum Gasteiger partial charge on any atom is -0.373 e. The molecule has 0 saturated carbocycles. The van der Waals surface area contributed by atoms with Gasteiger partial charge in [-0.05, 0) is 24.5 Å². The molecule has 1 atom stereocenters. The fraction of sp³-hybridized carbons (Fsp3) is 0.333. The molecule has 4 rings (SSSR count). The van der Waals surface area contributed by atoms with E-state index in [4.69, 9.17) is 4.74 Å². The summed E-state index contributed by atoms with van der Waals surface area (Å²) in [5.74, 6) is 0. The summed E-state index contributed by atoms with van der Waals surface area (Å²) in [7, 11) is 0. The van der Waals surface area contributed by atoms with Gasteiger partial charge in [0.2, 0.25) is 0 Å². The van der Waals surface area contributed by atoms with Crippen molar-refractivity contribution in [3.05, 3.63) is 59.7 Å². The second-order valence-corrected chi connectivity index (χ2v) is 6.40. The molecular formula is C21H23N3O. The highest BCUT2D eigenvalue weighted by molar-refractivity contribution is 5.82. The van der Waals surface area contributed by atoms with Crippen LogP contribution in [0.15, 0.2) is 48.5 Å². The molecule has 0 spiro atoms. The second-order valence-electron chi connectivity index (χ2n) is 6.40. The van der Waals surface area contributed by atoms with Crippen LogP contribution in [-0.4, -0.2) is 21.6 Å². The highest BCUT2D eigenvalue weighted by Gasteiger charge is 2.27. The molecule has 128 valence electrons. The fourth-order valence-electron chi connectivity index (χ4n) is 3.71. The van der Waals surface area contributed by atoms with Crippen LogP contribution in [0.3, 0.4) is 0 Å². The van der Waals surface area contributed by atoms with Crippen molar-refractivity contribution in [1.82, 2.24) is 15.0 Å². The molecule has 3 aromatic rings. The van der Waals surface area contributed by atoms with Crippen molar-refractivity contribution < 1.29 is 4.74 Å². The Kier molecular flexibility index (Phi) is 4.36. The first-order valence-corrected chi connectivity index (χ1v) is 9.06. The van der Waals surface area contributed by atoms with E-state index in [1.54, 1.807) is 0 Å². The summed E-state index contributed by atoms with van der Waals surface area (Å²) in [5.41, 5.74) is 6.92. The number of benzene rings is 2. The van der Waals surface area contributed by atoms with Crippen LogP contribution in [0.1, 0.15) is 37.5 Å². The van der Waals surface area contributed by atoms with Crippen LogP contribution in [0.5, 0.6) is 0 Å². The molecule has 1 aliphatic rings. The highest BCUT2D eigenvalue weighted by Crippen LogP contribution is 2.41. The summed E-state index contributed by atoms with van der Waals surface area (Å²) in [6, 6.07) is 17.0. The second kappa shape index (κ2) is 6.81. The van der Waals surface area contributed by atoms with Gasteiger partial charge in [0, 0.05) is 30.7 Å². The lowest BCUT2D eigenvalue weighted by atomic mass is 9.87. The molecule has 0 fully saturated rings. The lowest BCUT2D eigenvalue weighted by Gasteiger charge is -2.24. The van der Waals surface area contributed by atoms with Crippen LogP contribution in [0, 0.1) is 0 Å². The van der Waals surface area contributed by atoms with Crippen LogP contribution in [-0.2, 0) is 17.7 Å². The Bertz CT molecular complexity index is 884. The number of fused-ring (bicyclic) bond motifs is 5. The van der Waals surface area contributed by atoms with Crippen LogP contribution < -0.4 is 0 Å². The summed E-state index contributed by atoms with van der Waals surface area (Å²) >= 11 is 0. The Morgan fingerprint density at radius 2 is 1.80 bits per heavy atom. The Balaban J connectivity index is 2.01. The van der Waals surface area contributed by atoms with Crippen molar-refractivity contribution in [2.75, 3.05) is 6.61 Å². The maximum absolute atomic E-state index is 6.12. The van der Waals surface area contributed by atoms with E-state index in [-0.39, 0.29) is 6.10 Å². The number of rotatable bonds is 4. The molecule has 2 aromatic carbocycles. The Labute approximate surface area is 148 Å². The molecule has 0 aliphatic heterocycles. The average Bonchev–Trinajstić information content (AvgIpc) is 3.04. The first kappa shape index (κ1) is 16.0. The van der Waals surface area contributed by atoms with E-state index in [0.717, 1.165) is 36.3 Å². The van der Waals surface area contributed by atoms with Gasteiger partial charge in [0.15, 0.2) is 0 Å². The van der Waals surface area contributed by atoms with Gasteiger partial charge in [0.05, 0.1) is 11.8 Å². The molecule has 0 radical (unpaired) electrons. The van der Waals surface area contributed by atoms with Gasteiger partial charge in [-0.3, -0.25) is 0 Å². The van der Waals surface area contributed by atoms with Gasteiger partial charge < -0.3 is 4.74 Å². The van der Waals surface area contributed by atoms with Gasteiger partial charge in [-0.1, -0.05) is 60.7 Å². The third-order valence-corrected chi connectivity index (χ3v) is 4.78. The highest BCUT2D eigenvalue weighted by atomic mass is 16.5. The van der Waals surface area contributed by atoms with Crippen molar-refractivity contribution in [2.45, 2.75) is 39.3 Å². The number of nitrogens with zero attached hydrogens (tertiary/aromatic N) is 3. The lowest BCUT2D eigenvalue weighted by molar-refractivity contribution is 0.0632.